The van der Waals surface area contributed by atoms with E-state index in [1.54, 1.807) is 66.7 Å². The number of rotatable bonds is 11. The molecular formula is C47H44Cl2FN7O7. The fourth-order valence-electron chi connectivity index (χ4n) is 10.6. The molecule has 1 saturated carbocycles. The molecule has 9 rings (SSSR count). The van der Waals surface area contributed by atoms with Gasteiger partial charge >= 0.3 is 0 Å². The van der Waals surface area contributed by atoms with E-state index in [0.29, 0.717) is 72.0 Å². The van der Waals surface area contributed by atoms with Crippen molar-refractivity contribution in [3.63, 3.8) is 0 Å². The highest BCUT2D eigenvalue weighted by Gasteiger charge is 2.72. The summed E-state index contributed by atoms with van der Waals surface area (Å²) in [5.41, 5.74) is 0.618. The second-order valence-corrected chi connectivity index (χ2v) is 17.8. The van der Waals surface area contributed by atoms with E-state index in [1.807, 2.05) is 0 Å². The van der Waals surface area contributed by atoms with Crippen LogP contribution in [0.4, 0.5) is 21.5 Å². The predicted molar refractivity (Wildman–Crippen MR) is 237 cm³/mol. The SMILES string of the molecule is O=C1CCC(N2C(=O)c3cccc(NCCCCNC(=O)c4ccc(NC(=O)[C@@H]5NC6(CCCCC6)[C@@]6(C(=O)Nc7cc(Cl)ccc76)[C@H]5c5cccc(Cl)c5F)cc4)c3C2=O)C(=O)N1. The molecule has 4 aliphatic heterocycles. The summed E-state index contributed by atoms with van der Waals surface area (Å²) in [4.78, 5) is 93.8. The standard InChI is InChI=1S/C47H44Cl2FN7O7/c48-26-14-17-30-33(24-26)54-45(64)47(30)37(29-9-6-10-31(49)38(29)50)39(56-46(47)20-2-1-3-21-46)42(61)53-27-15-12-25(13-16-27)40(59)52-23-5-4-22-51-32-11-7-8-28-36(32)44(63)57(43(28)62)34-18-19-35(58)55-41(34)60/h6-17,24,34,37,39,51,56H,1-5,18-23H2,(H,52,59)(H,53,61)(H,54,64)(H,55,58,60)/t34?,37-,39+,47+/m0/s1. The van der Waals surface area contributed by atoms with Crippen LogP contribution in [0.5, 0.6) is 0 Å². The van der Waals surface area contributed by atoms with E-state index < -0.39 is 64.3 Å². The van der Waals surface area contributed by atoms with Crippen LogP contribution in [-0.2, 0) is 24.6 Å². The van der Waals surface area contributed by atoms with Gasteiger partial charge in [-0.05, 0) is 97.8 Å². The van der Waals surface area contributed by atoms with Gasteiger partial charge in [0.2, 0.25) is 23.6 Å². The van der Waals surface area contributed by atoms with Gasteiger partial charge in [-0.15, -0.1) is 0 Å². The number of carbonyl (C=O) groups is 7. The third kappa shape index (κ3) is 7.19. The summed E-state index contributed by atoms with van der Waals surface area (Å²) in [5, 5.41) is 18.2. The zero-order valence-corrected chi connectivity index (χ0v) is 36.0. The molecular weight excluding hydrogens is 864 g/mol. The summed E-state index contributed by atoms with van der Waals surface area (Å²) in [6.45, 7) is 0.767. The number of unbranched alkanes of at least 4 members (excludes halogenated alkanes) is 1. The Morgan fingerprint density at radius 1 is 0.844 bits per heavy atom. The van der Waals surface area contributed by atoms with Gasteiger partial charge in [0.15, 0.2) is 0 Å². The number of benzene rings is 4. The fourth-order valence-corrected chi connectivity index (χ4v) is 10.9. The first-order valence-corrected chi connectivity index (χ1v) is 22.2. The van der Waals surface area contributed by atoms with Crippen molar-refractivity contribution in [3.8, 4) is 0 Å². The molecule has 5 aliphatic rings. The van der Waals surface area contributed by atoms with Crippen molar-refractivity contribution < 1.29 is 38.0 Å². The Morgan fingerprint density at radius 3 is 2.36 bits per heavy atom. The molecule has 17 heteroatoms. The molecule has 64 heavy (non-hydrogen) atoms. The Balaban J connectivity index is 0.841. The topological polar surface area (TPSA) is 195 Å². The molecule has 0 radical (unpaired) electrons. The minimum atomic E-state index is -1.37. The van der Waals surface area contributed by atoms with Gasteiger partial charge in [0, 0.05) is 58.6 Å². The van der Waals surface area contributed by atoms with Gasteiger partial charge in [-0.25, -0.2) is 4.39 Å². The molecule has 2 saturated heterocycles. The van der Waals surface area contributed by atoms with Crippen molar-refractivity contribution in [2.45, 2.75) is 86.7 Å². The maximum absolute atomic E-state index is 16.2. The first-order chi connectivity index (χ1) is 30.8. The third-order valence-corrected chi connectivity index (χ3v) is 13.9. The van der Waals surface area contributed by atoms with Gasteiger partial charge in [-0.1, -0.05) is 66.7 Å². The molecule has 4 aromatic carbocycles. The molecule has 1 aliphatic carbocycles. The van der Waals surface area contributed by atoms with E-state index in [2.05, 4.69) is 31.9 Å². The number of nitrogens with zero attached hydrogens (tertiary/aromatic N) is 1. The molecule has 0 bridgehead atoms. The van der Waals surface area contributed by atoms with Crippen LogP contribution in [0.3, 0.4) is 0 Å². The van der Waals surface area contributed by atoms with Crippen LogP contribution < -0.4 is 31.9 Å². The number of hydrogen-bond donors (Lipinski definition) is 6. The second-order valence-electron chi connectivity index (χ2n) is 17.0. The Hall–Kier alpha value is -6.16. The molecule has 0 aromatic heterocycles. The average molecular weight is 909 g/mol. The fraction of sp³-hybridized carbons (Fsp3) is 0.340. The van der Waals surface area contributed by atoms with Crippen molar-refractivity contribution in [2.75, 3.05) is 29.0 Å². The zero-order valence-electron chi connectivity index (χ0n) is 34.5. The highest BCUT2D eigenvalue weighted by Crippen LogP contribution is 2.63. The monoisotopic (exact) mass is 907 g/mol. The quantitative estimate of drug-likeness (QED) is 0.0725. The number of hydrogen-bond acceptors (Lipinski definition) is 9. The highest BCUT2D eigenvalue weighted by atomic mass is 35.5. The Labute approximate surface area is 377 Å². The lowest BCUT2D eigenvalue weighted by Crippen LogP contribution is -2.60. The maximum Gasteiger partial charge on any atom is 0.264 e. The highest BCUT2D eigenvalue weighted by molar-refractivity contribution is 6.31. The zero-order chi connectivity index (χ0) is 44.9. The molecule has 1 unspecified atom stereocenters. The summed E-state index contributed by atoms with van der Waals surface area (Å²) >= 11 is 12.8. The first-order valence-electron chi connectivity index (χ1n) is 21.5. The van der Waals surface area contributed by atoms with Crippen LogP contribution in [-0.4, -0.2) is 77.0 Å². The van der Waals surface area contributed by atoms with Crippen LogP contribution in [0.25, 0.3) is 0 Å². The van der Waals surface area contributed by atoms with Gasteiger partial charge in [-0.3, -0.25) is 49.1 Å². The summed E-state index contributed by atoms with van der Waals surface area (Å²) in [6, 6.07) is 19.0. The first kappa shape index (κ1) is 43.1. The largest absolute Gasteiger partial charge is 0.384 e. The lowest BCUT2D eigenvalue weighted by atomic mass is 9.55. The lowest BCUT2D eigenvalue weighted by Gasteiger charge is -2.47. The Morgan fingerprint density at radius 2 is 1.59 bits per heavy atom. The lowest BCUT2D eigenvalue weighted by molar-refractivity contribution is -0.136. The van der Waals surface area contributed by atoms with Crippen molar-refractivity contribution in [1.29, 1.82) is 0 Å². The predicted octanol–water partition coefficient (Wildman–Crippen LogP) is 6.44. The molecule has 7 amide bonds. The molecule has 3 fully saturated rings. The van der Waals surface area contributed by atoms with Gasteiger partial charge in [0.05, 0.1) is 22.2 Å². The summed E-state index contributed by atoms with van der Waals surface area (Å²) in [5.74, 6) is -5.14. The Bertz CT molecular complexity index is 2640. The molecule has 6 N–H and O–H groups in total. The smallest absolute Gasteiger partial charge is 0.264 e. The number of piperidine rings is 1. The van der Waals surface area contributed by atoms with Crippen molar-refractivity contribution in [1.82, 2.24) is 20.9 Å². The molecule has 4 aromatic rings. The molecule has 330 valence electrons. The van der Waals surface area contributed by atoms with Gasteiger partial charge in [0.1, 0.15) is 17.3 Å². The number of nitrogens with one attached hydrogen (secondary N) is 6. The normalized spacial score (nSPS) is 23.2. The van der Waals surface area contributed by atoms with Crippen LogP contribution in [0, 0.1) is 5.82 Å². The van der Waals surface area contributed by atoms with E-state index in [1.165, 1.54) is 12.1 Å². The number of fused-ring (bicyclic) bond motifs is 4. The summed E-state index contributed by atoms with van der Waals surface area (Å²) in [7, 11) is 0. The third-order valence-electron chi connectivity index (χ3n) is 13.4. The number of amides is 7. The van der Waals surface area contributed by atoms with E-state index >= 15 is 4.39 Å². The number of carbonyl (C=O) groups excluding carboxylic acids is 7. The van der Waals surface area contributed by atoms with E-state index in [9.17, 15) is 33.6 Å². The Kier molecular flexibility index (Phi) is 11.5. The van der Waals surface area contributed by atoms with Crippen molar-refractivity contribution in [2.24, 2.45) is 0 Å². The van der Waals surface area contributed by atoms with Crippen molar-refractivity contribution in [3.05, 3.63) is 123 Å². The molecule has 14 nitrogen and oxygen atoms in total. The summed E-state index contributed by atoms with van der Waals surface area (Å²) < 4.78 is 16.2. The molecule has 4 atom stereocenters. The molecule has 2 spiro atoms. The van der Waals surface area contributed by atoms with Crippen molar-refractivity contribution >= 4 is 81.6 Å². The van der Waals surface area contributed by atoms with E-state index in [0.717, 1.165) is 24.2 Å². The summed E-state index contributed by atoms with van der Waals surface area (Å²) in [6.07, 6.45) is 5.01. The van der Waals surface area contributed by atoms with E-state index in [-0.39, 0.29) is 46.4 Å². The minimum absolute atomic E-state index is 0.0294. The molecule has 4 heterocycles. The van der Waals surface area contributed by atoms with Gasteiger partial charge < -0.3 is 21.3 Å². The van der Waals surface area contributed by atoms with Crippen LogP contribution in [0.15, 0.2) is 78.9 Å². The van der Waals surface area contributed by atoms with Gasteiger partial charge in [-0.2, -0.15) is 0 Å². The minimum Gasteiger partial charge on any atom is -0.384 e. The second kappa shape index (κ2) is 17.1. The average Bonchev–Trinajstić information content (AvgIpc) is 3.84. The van der Waals surface area contributed by atoms with Crippen LogP contribution in [0.2, 0.25) is 10.0 Å². The maximum atomic E-state index is 16.2. The van der Waals surface area contributed by atoms with Crippen LogP contribution >= 0.6 is 23.2 Å². The van der Waals surface area contributed by atoms with Gasteiger partial charge in [0.25, 0.3) is 17.7 Å². The van der Waals surface area contributed by atoms with E-state index in [4.69, 9.17) is 23.2 Å². The van der Waals surface area contributed by atoms with Crippen LogP contribution in [0.1, 0.15) is 106 Å². The number of imide groups is 2. The number of anilines is 3. The number of halogens is 3.